The second-order valence-corrected chi connectivity index (χ2v) is 4.94. The summed E-state index contributed by atoms with van der Waals surface area (Å²) in [5, 5.41) is 19.2. The van der Waals surface area contributed by atoms with Crippen molar-refractivity contribution in [2.45, 2.75) is 19.3 Å². The first kappa shape index (κ1) is 15.4. The molecule has 1 aromatic carbocycles. The lowest BCUT2D eigenvalue weighted by Crippen LogP contribution is -2.47. The number of amides is 2. The van der Waals surface area contributed by atoms with Gasteiger partial charge in [-0.1, -0.05) is 6.07 Å². The highest BCUT2D eigenvalue weighted by molar-refractivity contribution is 5.78. The predicted octanol–water partition coefficient (Wildman–Crippen LogP) is 1.59. The summed E-state index contributed by atoms with van der Waals surface area (Å²) in [6.45, 7) is 1.56. The van der Waals surface area contributed by atoms with E-state index in [0.29, 0.717) is 5.70 Å². The van der Waals surface area contributed by atoms with Gasteiger partial charge in [-0.15, -0.1) is 0 Å². The Bertz CT molecular complexity index is 616. The Balaban J connectivity index is 2.62. The standard InChI is InChI=1S/C14H16F2N2O3/c1-7-11(13(19)20)12(18(3)14(21)17(7)2)8-4-5-9(15)10(16)6-8/h4-6,12-13,19-20H,1-3H3. The normalized spacial score (nSPS) is 19.8. The van der Waals surface area contributed by atoms with Crippen LogP contribution in [0.5, 0.6) is 0 Å². The summed E-state index contributed by atoms with van der Waals surface area (Å²) in [7, 11) is 2.96. The molecule has 1 atom stereocenters. The molecule has 0 saturated carbocycles. The van der Waals surface area contributed by atoms with Crippen LogP contribution in [0.4, 0.5) is 13.6 Å². The number of likely N-dealkylation sites (N-methyl/N-ethyl adjacent to an activating group) is 1. The van der Waals surface area contributed by atoms with E-state index in [1.807, 2.05) is 0 Å². The molecule has 7 heteroatoms. The van der Waals surface area contributed by atoms with Crippen LogP contribution < -0.4 is 0 Å². The van der Waals surface area contributed by atoms with Gasteiger partial charge in [0, 0.05) is 25.4 Å². The van der Waals surface area contributed by atoms with E-state index in [9.17, 15) is 23.8 Å². The highest BCUT2D eigenvalue weighted by Gasteiger charge is 2.37. The van der Waals surface area contributed by atoms with E-state index in [1.165, 1.54) is 30.0 Å². The second kappa shape index (κ2) is 5.42. The maximum Gasteiger partial charge on any atom is 0.324 e. The van der Waals surface area contributed by atoms with Gasteiger partial charge in [-0.2, -0.15) is 0 Å². The maximum atomic E-state index is 13.4. The summed E-state index contributed by atoms with van der Waals surface area (Å²) in [6, 6.07) is 1.95. The second-order valence-electron chi connectivity index (χ2n) is 4.94. The summed E-state index contributed by atoms with van der Waals surface area (Å²) in [5.41, 5.74) is 0.772. The monoisotopic (exact) mass is 298 g/mol. The molecule has 114 valence electrons. The molecule has 21 heavy (non-hydrogen) atoms. The fraction of sp³-hybridized carbons (Fsp3) is 0.357. The van der Waals surface area contributed by atoms with Crippen LogP contribution in [-0.4, -0.2) is 46.4 Å². The third-order valence-electron chi connectivity index (χ3n) is 3.73. The smallest absolute Gasteiger partial charge is 0.324 e. The predicted molar refractivity (Wildman–Crippen MR) is 70.9 cm³/mol. The third kappa shape index (κ3) is 2.50. The Morgan fingerprint density at radius 1 is 1.19 bits per heavy atom. The number of urea groups is 1. The van der Waals surface area contributed by atoms with Crippen molar-refractivity contribution in [3.8, 4) is 0 Å². The number of nitrogens with zero attached hydrogens (tertiary/aromatic N) is 2. The lowest BCUT2D eigenvalue weighted by Gasteiger charge is -2.41. The molecule has 0 spiro atoms. The molecule has 1 unspecified atom stereocenters. The molecule has 0 radical (unpaired) electrons. The summed E-state index contributed by atoms with van der Waals surface area (Å²) < 4.78 is 26.5. The van der Waals surface area contributed by atoms with Crippen LogP contribution in [0, 0.1) is 11.6 Å². The average molecular weight is 298 g/mol. The highest BCUT2D eigenvalue weighted by Crippen LogP contribution is 2.37. The van der Waals surface area contributed by atoms with Crippen LogP contribution in [0.3, 0.4) is 0 Å². The molecule has 1 aromatic rings. The molecule has 0 saturated heterocycles. The fourth-order valence-electron chi connectivity index (χ4n) is 2.50. The zero-order chi connectivity index (χ0) is 15.9. The molecular weight excluding hydrogens is 282 g/mol. The van der Waals surface area contributed by atoms with Crippen LogP contribution in [0.15, 0.2) is 29.5 Å². The number of aliphatic hydroxyl groups is 2. The number of hydrogen-bond acceptors (Lipinski definition) is 3. The number of carbonyl (C=O) groups is 1. The van der Waals surface area contributed by atoms with Gasteiger partial charge in [-0.05, 0) is 24.6 Å². The number of hydrogen-bond donors (Lipinski definition) is 2. The van der Waals surface area contributed by atoms with Crippen molar-refractivity contribution in [3.63, 3.8) is 0 Å². The minimum atomic E-state index is -1.82. The van der Waals surface area contributed by atoms with Gasteiger partial charge in [0.25, 0.3) is 0 Å². The zero-order valence-electron chi connectivity index (χ0n) is 11.8. The Morgan fingerprint density at radius 2 is 1.81 bits per heavy atom. The molecule has 0 aliphatic carbocycles. The van der Waals surface area contributed by atoms with Gasteiger partial charge in [0.2, 0.25) is 0 Å². The number of benzene rings is 1. The first-order valence-corrected chi connectivity index (χ1v) is 6.28. The average Bonchev–Trinajstić information content (AvgIpc) is 2.43. The van der Waals surface area contributed by atoms with Crippen molar-refractivity contribution in [2.75, 3.05) is 14.1 Å². The van der Waals surface area contributed by atoms with Crippen molar-refractivity contribution in [1.29, 1.82) is 0 Å². The topological polar surface area (TPSA) is 64.0 Å². The van der Waals surface area contributed by atoms with E-state index in [0.717, 1.165) is 12.1 Å². The summed E-state index contributed by atoms with van der Waals surface area (Å²) >= 11 is 0. The third-order valence-corrected chi connectivity index (χ3v) is 3.73. The Morgan fingerprint density at radius 3 is 2.33 bits per heavy atom. The number of allylic oxidation sites excluding steroid dienone is 1. The van der Waals surface area contributed by atoms with Gasteiger partial charge >= 0.3 is 6.03 Å². The maximum absolute atomic E-state index is 13.4. The number of carbonyl (C=O) groups excluding carboxylic acids is 1. The van der Waals surface area contributed by atoms with E-state index < -0.39 is 24.0 Å². The van der Waals surface area contributed by atoms with Crippen molar-refractivity contribution < 1.29 is 23.8 Å². The molecule has 2 rings (SSSR count). The van der Waals surface area contributed by atoms with Crippen LogP contribution in [0.2, 0.25) is 0 Å². The van der Waals surface area contributed by atoms with E-state index in [1.54, 1.807) is 6.92 Å². The van der Waals surface area contributed by atoms with Gasteiger partial charge in [0.05, 0.1) is 6.04 Å². The lowest BCUT2D eigenvalue weighted by molar-refractivity contribution is -0.0222. The number of rotatable bonds is 2. The van der Waals surface area contributed by atoms with Crippen molar-refractivity contribution in [2.24, 2.45) is 0 Å². The number of halogens is 2. The Labute approximate surface area is 120 Å². The molecule has 5 nitrogen and oxygen atoms in total. The van der Waals surface area contributed by atoms with E-state index in [2.05, 4.69) is 0 Å². The molecule has 0 fully saturated rings. The first-order chi connectivity index (χ1) is 9.75. The minimum Gasteiger partial charge on any atom is -0.364 e. The van der Waals surface area contributed by atoms with Gasteiger partial charge < -0.3 is 20.0 Å². The molecule has 1 aliphatic heterocycles. The fourth-order valence-corrected chi connectivity index (χ4v) is 2.50. The van der Waals surface area contributed by atoms with Gasteiger partial charge in [0.1, 0.15) is 0 Å². The molecule has 2 N–H and O–H groups in total. The summed E-state index contributed by atoms with van der Waals surface area (Å²) in [6.07, 6.45) is -1.82. The molecule has 1 aliphatic rings. The van der Waals surface area contributed by atoms with Crippen molar-refractivity contribution >= 4 is 6.03 Å². The zero-order valence-corrected chi connectivity index (χ0v) is 11.8. The summed E-state index contributed by atoms with van der Waals surface area (Å²) in [5.74, 6) is -2.07. The summed E-state index contributed by atoms with van der Waals surface area (Å²) in [4.78, 5) is 14.6. The lowest BCUT2D eigenvalue weighted by atomic mass is 9.93. The van der Waals surface area contributed by atoms with Crippen LogP contribution in [0.25, 0.3) is 0 Å². The highest BCUT2D eigenvalue weighted by atomic mass is 19.2. The van der Waals surface area contributed by atoms with Crippen LogP contribution in [0.1, 0.15) is 18.5 Å². The van der Waals surface area contributed by atoms with Crippen LogP contribution in [-0.2, 0) is 0 Å². The van der Waals surface area contributed by atoms with Crippen molar-refractivity contribution in [1.82, 2.24) is 9.80 Å². The molecule has 2 amide bonds. The molecular formula is C14H16F2N2O3. The van der Waals surface area contributed by atoms with E-state index >= 15 is 0 Å². The minimum absolute atomic E-state index is 0.144. The van der Waals surface area contributed by atoms with Gasteiger partial charge in [-0.25, -0.2) is 13.6 Å². The molecule has 1 heterocycles. The van der Waals surface area contributed by atoms with E-state index in [4.69, 9.17) is 0 Å². The van der Waals surface area contributed by atoms with Crippen LogP contribution >= 0.6 is 0 Å². The molecule has 0 bridgehead atoms. The van der Waals surface area contributed by atoms with E-state index in [-0.39, 0.29) is 17.2 Å². The molecule has 0 aromatic heterocycles. The largest absolute Gasteiger partial charge is 0.364 e. The van der Waals surface area contributed by atoms with Crippen molar-refractivity contribution in [3.05, 3.63) is 46.7 Å². The number of aliphatic hydroxyl groups excluding tert-OH is 1. The Kier molecular flexibility index (Phi) is 3.97. The van der Waals surface area contributed by atoms with Gasteiger partial charge in [0.15, 0.2) is 17.9 Å². The SMILES string of the molecule is CC1=C(C(O)O)C(c2ccc(F)c(F)c2)N(C)C(=O)N1C. The van der Waals surface area contributed by atoms with Gasteiger partial charge in [-0.3, -0.25) is 0 Å². The quantitative estimate of drug-likeness (QED) is 0.815. The first-order valence-electron chi connectivity index (χ1n) is 6.28. The Hall–Kier alpha value is -1.99.